The molecule has 0 aliphatic rings. The first-order chi connectivity index (χ1) is 10.5. The molecular formula is C14H12N4O2S2. The average Bonchev–Trinajstić information content (AvgIpc) is 2.93. The minimum Gasteiger partial charge on any atom is -0.255 e. The largest absolute Gasteiger partial charge is 0.266 e. The maximum absolute atomic E-state index is 12.2. The maximum Gasteiger partial charge on any atom is 0.266 e. The van der Waals surface area contributed by atoms with Gasteiger partial charge in [0.15, 0.2) is 11.0 Å². The second-order valence-corrected chi connectivity index (χ2v) is 7.05. The van der Waals surface area contributed by atoms with Gasteiger partial charge in [0.05, 0.1) is 18.1 Å². The van der Waals surface area contributed by atoms with Gasteiger partial charge in [0, 0.05) is 10.9 Å². The first-order valence-corrected chi connectivity index (χ1v) is 8.73. The van der Waals surface area contributed by atoms with E-state index in [0.717, 1.165) is 11.3 Å². The summed E-state index contributed by atoms with van der Waals surface area (Å²) in [6.45, 7) is 1.80. The van der Waals surface area contributed by atoms with Gasteiger partial charge < -0.3 is 0 Å². The molecule has 1 aromatic carbocycles. The van der Waals surface area contributed by atoms with Crippen molar-refractivity contribution in [3.8, 4) is 11.4 Å². The number of anilines is 1. The van der Waals surface area contributed by atoms with Crippen molar-refractivity contribution in [1.29, 1.82) is 0 Å². The summed E-state index contributed by atoms with van der Waals surface area (Å²) in [5, 5.41) is 2.09. The van der Waals surface area contributed by atoms with Gasteiger partial charge in [-0.05, 0) is 6.92 Å². The van der Waals surface area contributed by atoms with Crippen molar-refractivity contribution < 1.29 is 8.42 Å². The predicted octanol–water partition coefficient (Wildman–Crippen LogP) is 2.71. The molecule has 22 heavy (non-hydrogen) atoms. The fourth-order valence-electron chi connectivity index (χ4n) is 1.77. The quantitative estimate of drug-likeness (QED) is 0.794. The Morgan fingerprint density at radius 3 is 2.36 bits per heavy atom. The van der Waals surface area contributed by atoms with Crippen LogP contribution in [0.1, 0.15) is 5.69 Å². The highest BCUT2D eigenvalue weighted by Crippen LogP contribution is 2.20. The van der Waals surface area contributed by atoms with Crippen molar-refractivity contribution in [2.24, 2.45) is 0 Å². The van der Waals surface area contributed by atoms with E-state index in [1.54, 1.807) is 12.3 Å². The number of nitrogens with one attached hydrogen (secondary N) is 1. The van der Waals surface area contributed by atoms with Crippen molar-refractivity contribution in [1.82, 2.24) is 15.0 Å². The zero-order valence-corrected chi connectivity index (χ0v) is 13.2. The van der Waals surface area contributed by atoms with E-state index < -0.39 is 10.0 Å². The Morgan fingerprint density at radius 1 is 1.09 bits per heavy atom. The van der Waals surface area contributed by atoms with E-state index in [0.29, 0.717) is 11.0 Å². The molecular weight excluding hydrogens is 320 g/mol. The summed E-state index contributed by atoms with van der Waals surface area (Å²) in [5.74, 6) is 0.477. The molecule has 0 aliphatic heterocycles. The molecule has 0 saturated carbocycles. The van der Waals surface area contributed by atoms with Crippen LogP contribution in [0.25, 0.3) is 11.4 Å². The molecule has 0 unspecified atom stereocenters. The van der Waals surface area contributed by atoms with Crippen LogP contribution in [-0.2, 0) is 10.0 Å². The fourth-order valence-corrected chi connectivity index (χ4v) is 3.60. The summed E-state index contributed by atoms with van der Waals surface area (Å²) in [5.41, 5.74) is 1.59. The molecule has 0 atom stereocenters. The van der Waals surface area contributed by atoms with Crippen molar-refractivity contribution in [2.45, 2.75) is 11.8 Å². The SMILES string of the molecule is Cc1csc(NS(=O)(=O)c2cnc(-c3ccccc3)nc2)n1. The number of aromatic nitrogens is 3. The molecule has 2 heterocycles. The van der Waals surface area contributed by atoms with Crippen LogP contribution in [0, 0.1) is 6.92 Å². The summed E-state index contributed by atoms with van der Waals surface area (Å²) in [6, 6.07) is 9.36. The van der Waals surface area contributed by atoms with Crippen LogP contribution in [0.2, 0.25) is 0 Å². The van der Waals surface area contributed by atoms with E-state index in [9.17, 15) is 8.42 Å². The summed E-state index contributed by atoms with van der Waals surface area (Å²) in [4.78, 5) is 12.3. The van der Waals surface area contributed by atoms with E-state index in [4.69, 9.17) is 0 Å². The van der Waals surface area contributed by atoms with Crippen LogP contribution in [0.4, 0.5) is 5.13 Å². The highest BCUT2D eigenvalue weighted by atomic mass is 32.2. The number of sulfonamides is 1. The van der Waals surface area contributed by atoms with E-state index in [2.05, 4.69) is 19.7 Å². The Hall–Kier alpha value is -2.32. The standard InChI is InChI=1S/C14H12N4O2S2/c1-10-9-21-14(17-10)18-22(19,20)12-7-15-13(16-8-12)11-5-3-2-4-6-11/h2-9H,1H3,(H,17,18). The third-order valence-electron chi connectivity index (χ3n) is 2.81. The number of benzene rings is 1. The highest BCUT2D eigenvalue weighted by molar-refractivity contribution is 7.93. The van der Waals surface area contributed by atoms with Crippen LogP contribution >= 0.6 is 11.3 Å². The molecule has 0 fully saturated rings. The van der Waals surface area contributed by atoms with Gasteiger partial charge in [-0.2, -0.15) is 0 Å². The van der Waals surface area contributed by atoms with E-state index in [1.165, 1.54) is 23.7 Å². The van der Waals surface area contributed by atoms with Crippen LogP contribution in [0.3, 0.4) is 0 Å². The topological polar surface area (TPSA) is 84.8 Å². The zero-order valence-electron chi connectivity index (χ0n) is 11.6. The van der Waals surface area contributed by atoms with E-state index >= 15 is 0 Å². The van der Waals surface area contributed by atoms with E-state index in [-0.39, 0.29) is 4.90 Å². The van der Waals surface area contributed by atoms with Crippen LogP contribution < -0.4 is 4.72 Å². The smallest absolute Gasteiger partial charge is 0.255 e. The molecule has 0 spiro atoms. The molecule has 0 bridgehead atoms. The average molecular weight is 332 g/mol. The van der Waals surface area contributed by atoms with Crippen LogP contribution in [0.15, 0.2) is 53.0 Å². The van der Waals surface area contributed by atoms with Crippen molar-refractivity contribution in [3.05, 3.63) is 53.8 Å². The third-order valence-corrected chi connectivity index (χ3v) is 5.11. The normalized spacial score (nSPS) is 11.3. The summed E-state index contributed by atoms with van der Waals surface area (Å²) in [7, 11) is -3.73. The lowest BCUT2D eigenvalue weighted by atomic mass is 10.2. The van der Waals surface area contributed by atoms with E-state index in [1.807, 2.05) is 30.3 Å². The number of rotatable bonds is 4. The number of nitrogens with zero attached hydrogens (tertiary/aromatic N) is 3. The zero-order chi connectivity index (χ0) is 15.6. The first kappa shape index (κ1) is 14.6. The molecule has 3 rings (SSSR count). The van der Waals surface area contributed by atoms with Crippen LogP contribution in [0.5, 0.6) is 0 Å². The number of aryl methyl sites for hydroxylation is 1. The van der Waals surface area contributed by atoms with Crippen molar-refractivity contribution >= 4 is 26.5 Å². The summed E-state index contributed by atoms with van der Waals surface area (Å²) in [6.07, 6.45) is 2.58. The fraction of sp³-hybridized carbons (Fsp3) is 0.0714. The Morgan fingerprint density at radius 2 is 1.77 bits per heavy atom. The van der Waals surface area contributed by atoms with Crippen molar-refractivity contribution in [3.63, 3.8) is 0 Å². The Kier molecular flexibility index (Phi) is 3.86. The van der Waals surface area contributed by atoms with Gasteiger partial charge in [-0.25, -0.2) is 23.4 Å². The molecule has 2 aromatic heterocycles. The lowest BCUT2D eigenvalue weighted by molar-refractivity contribution is 0.600. The minimum atomic E-state index is -3.73. The van der Waals surface area contributed by atoms with Gasteiger partial charge in [0.1, 0.15) is 4.90 Å². The number of hydrogen-bond acceptors (Lipinski definition) is 6. The monoisotopic (exact) mass is 332 g/mol. The third kappa shape index (κ3) is 3.12. The second-order valence-electron chi connectivity index (χ2n) is 4.51. The molecule has 3 aromatic rings. The maximum atomic E-state index is 12.2. The van der Waals surface area contributed by atoms with Gasteiger partial charge in [-0.3, -0.25) is 4.72 Å². The van der Waals surface area contributed by atoms with Gasteiger partial charge in [-0.1, -0.05) is 30.3 Å². The van der Waals surface area contributed by atoms with Crippen LogP contribution in [-0.4, -0.2) is 23.4 Å². The molecule has 0 aliphatic carbocycles. The minimum absolute atomic E-state index is 0.0000317. The lowest BCUT2D eigenvalue weighted by Crippen LogP contribution is -2.13. The Bertz CT molecular complexity index is 875. The molecule has 0 radical (unpaired) electrons. The summed E-state index contributed by atoms with van der Waals surface area (Å²) < 4.78 is 26.9. The highest BCUT2D eigenvalue weighted by Gasteiger charge is 2.17. The van der Waals surface area contributed by atoms with Crippen molar-refractivity contribution in [2.75, 3.05) is 4.72 Å². The van der Waals surface area contributed by atoms with Gasteiger partial charge in [0.2, 0.25) is 0 Å². The molecule has 0 amide bonds. The molecule has 6 nitrogen and oxygen atoms in total. The molecule has 0 saturated heterocycles. The van der Waals surface area contributed by atoms with Gasteiger partial charge >= 0.3 is 0 Å². The lowest BCUT2D eigenvalue weighted by Gasteiger charge is -2.05. The number of hydrogen-bond donors (Lipinski definition) is 1. The van der Waals surface area contributed by atoms with Gasteiger partial charge in [-0.15, -0.1) is 11.3 Å². The first-order valence-electron chi connectivity index (χ1n) is 6.37. The summed E-state index contributed by atoms with van der Waals surface area (Å²) >= 11 is 1.23. The predicted molar refractivity (Wildman–Crippen MR) is 85.1 cm³/mol. The molecule has 1 N–H and O–H groups in total. The molecule has 8 heteroatoms. The van der Waals surface area contributed by atoms with Gasteiger partial charge in [0.25, 0.3) is 10.0 Å². The Balaban J connectivity index is 1.86. The molecule has 112 valence electrons. The Labute approximate surface area is 132 Å². The number of thiazole rings is 1. The second kappa shape index (κ2) is 5.82.